The van der Waals surface area contributed by atoms with Crippen molar-refractivity contribution in [3.8, 4) is 0 Å². The van der Waals surface area contributed by atoms with Crippen molar-refractivity contribution in [3.05, 3.63) is 41.7 Å². The first kappa shape index (κ1) is 15.0. The minimum Gasteiger partial charge on any atom is -0.360 e. The van der Waals surface area contributed by atoms with E-state index in [-0.39, 0.29) is 0 Å². The zero-order valence-corrected chi connectivity index (χ0v) is 13.2. The summed E-state index contributed by atoms with van der Waals surface area (Å²) < 4.78 is 8.19. The monoisotopic (exact) mass is 290 g/mol. The molecule has 0 saturated carbocycles. The number of rotatable bonds is 7. The quantitative estimate of drug-likeness (QED) is 0.693. The molecule has 4 heteroatoms. The van der Waals surface area contributed by atoms with Crippen LogP contribution in [0.3, 0.4) is 0 Å². The lowest BCUT2D eigenvalue weighted by molar-refractivity contribution is 0.400. The topological polar surface area (TPSA) is 38.1 Å². The van der Waals surface area contributed by atoms with Crippen molar-refractivity contribution in [3.63, 3.8) is 0 Å². The van der Waals surface area contributed by atoms with Crippen molar-refractivity contribution in [2.75, 3.05) is 4.72 Å². The minimum atomic E-state index is 0.639. The summed E-state index contributed by atoms with van der Waals surface area (Å²) in [6, 6.07) is 10.6. The fraction of sp³-hybridized carbons (Fsp3) is 0.438. The smallest absolute Gasteiger partial charge is 0.179 e. The van der Waals surface area contributed by atoms with E-state index in [9.17, 15) is 0 Å². The van der Waals surface area contributed by atoms with Crippen molar-refractivity contribution in [1.29, 1.82) is 0 Å². The Morgan fingerprint density at radius 3 is 2.65 bits per heavy atom. The maximum absolute atomic E-state index is 5.02. The lowest BCUT2D eigenvalue weighted by Crippen LogP contribution is -1.93. The van der Waals surface area contributed by atoms with Crippen LogP contribution >= 0.6 is 11.9 Å². The van der Waals surface area contributed by atoms with E-state index in [1.54, 1.807) is 11.9 Å². The predicted octanol–water partition coefficient (Wildman–Crippen LogP) is 5.40. The largest absolute Gasteiger partial charge is 0.360 e. The van der Waals surface area contributed by atoms with Crippen LogP contribution in [-0.4, -0.2) is 5.16 Å². The Morgan fingerprint density at radius 2 is 2.05 bits per heavy atom. The van der Waals surface area contributed by atoms with E-state index in [1.165, 1.54) is 29.7 Å². The van der Waals surface area contributed by atoms with Crippen LogP contribution in [0.25, 0.3) is 0 Å². The van der Waals surface area contributed by atoms with Crippen LogP contribution in [0.2, 0.25) is 0 Å². The second-order valence-corrected chi connectivity index (χ2v) is 6.02. The van der Waals surface area contributed by atoms with Crippen LogP contribution in [0.15, 0.2) is 39.8 Å². The summed E-state index contributed by atoms with van der Waals surface area (Å²) in [4.78, 5) is 1.18. The number of hydrogen-bond acceptors (Lipinski definition) is 4. The second kappa shape index (κ2) is 7.39. The van der Waals surface area contributed by atoms with Crippen molar-refractivity contribution < 1.29 is 4.52 Å². The van der Waals surface area contributed by atoms with Crippen molar-refractivity contribution in [1.82, 2.24) is 5.16 Å². The molecular formula is C16H22N2OS. The lowest BCUT2D eigenvalue weighted by Gasteiger charge is -2.11. The highest BCUT2D eigenvalue weighted by Crippen LogP contribution is 2.25. The Kier molecular flexibility index (Phi) is 5.53. The zero-order chi connectivity index (χ0) is 14.4. The highest BCUT2D eigenvalue weighted by atomic mass is 32.2. The van der Waals surface area contributed by atoms with Gasteiger partial charge in [0.25, 0.3) is 0 Å². The van der Waals surface area contributed by atoms with Crippen LogP contribution in [-0.2, 0) is 0 Å². The van der Waals surface area contributed by atoms with Crippen LogP contribution in [0.1, 0.15) is 50.4 Å². The van der Waals surface area contributed by atoms with Crippen molar-refractivity contribution in [2.24, 2.45) is 0 Å². The average Bonchev–Trinajstić information content (AvgIpc) is 2.89. The summed E-state index contributed by atoms with van der Waals surface area (Å²) >= 11 is 1.55. The van der Waals surface area contributed by atoms with Gasteiger partial charge in [-0.05, 0) is 48.9 Å². The lowest BCUT2D eigenvalue weighted by atomic mass is 9.96. The Labute approximate surface area is 125 Å². The summed E-state index contributed by atoms with van der Waals surface area (Å²) in [5, 5.41) is 3.90. The first-order valence-corrected chi connectivity index (χ1v) is 7.97. The van der Waals surface area contributed by atoms with Crippen LogP contribution in [0.5, 0.6) is 0 Å². The molecule has 0 aliphatic heterocycles. The van der Waals surface area contributed by atoms with E-state index >= 15 is 0 Å². The highest BCUT2D eigenvalue weighted by molar-refractivity contribution is 8.00. The third-order valence-corrected chi connectivity index (χ3v) is 4.16. The van der Waals surface area contributed by atoms with Crippen LogP contribution in [0, 0.1) is 6.92 Å². The molecule has 1 aromatic carbocycles. The molecule has 0 fully saturated rings. The van der Waals surface area contributed by atoms with Gasteiger partial charge in [-0.1, -0.05) is 44.0 Å². The summed E-state index contributed by atoms with van der Waals surface area (Å²) in [6.45, 7) is 6.42. The van der Waals surface area contributed by atoms with Crippen LogP contribution < -0.4 is 4.72 Å². The van der Waals surface area contributed by atoms with Gasteiger partial charge in [0, 0.05) is 11.0 Å². The van der Waals surface area contributed by atoms with E-state index in [4.69, 9.17) is 4.52 Å². The first-order valence-electron chi connectivity index (χ1n) is 7.15. The third kappa shape index (κ3) is 4.30. The highest BCUT2D eigenvalue weighted by Gasteiger charge is 2.05. The fourth-order valence-electron chi connectivity index (χ4n) is 2.07. The van der Waals surface area contributed by atoms with Gasteiger partial charge >= 0.3 is 0 Å². The van der Waals surface area contributed by atoms with Crippen molar-refractivity contribution >= 4 is 17.8 Å². The molecule has 1 atom stereocenters. The molecule has 0 bridgehead atoms. The summed E-state index contributed by atoms with van der Waals surface area (Å²) in [5.41, 5.74) is 1.42. The maximum atomic E-state index is 5.02. The molecule has 0 aliphatic rings. The van der Waals surface area contributed by atoms with Crippen molar-refractivity contribution in [2.45, 2.75) is 50.8 Å². The number of nitrogens with zero attached hydrogens (tertiary/aromatic N) is 1. The number of nitrogens with one attached hydrogen (secondary N) is 1. The molecule has 0 amide bonds. The number of aryl methyl sites for hydroxylation is 1. The van der Waals surface area contributed by atoms with Gasteiger partial charge in [0.05, 0.1) is 0 Å². The number of benzene rings is 1. The van der Waals surface area contributed by atoms with E-state index in [0.29, 0.717) is 5.92 Å². The van der Waals surface area contributed by atoms with Gasteiger partial charge in [0.1, 0.15) is 5.76 Å². The molecule has 20 heavy (non-hydrogen) atoms. The van der Waals surface area contributed by atoms with Gasteiger partial charge < -0.3 is 9.25 Å². The number of anilines is 1. The molecule has 1 N–H and O–H groups in total. The Hall–Kier alpha value is -1.42. The number of aromatic nitrogens is 1. The van der Waals surface area contributed by atoms with Gasteiger partial charge in [-0.2, -0.15) is 0 Å². The summed E-state index contributed by atoms with van der Waals surface area (Å²) in [7, 11) is 0. The molecule has 2 rings (SSSR count). The zero-order valence-electron chi connectivity index (χ0n) is 12.3. The molecule has 1 heterocycles. The maximum Gasteiger partial charge on any atom is 0.179 e. The van der Waals surface area contributed by atoms with E-state index in [0.717, 1.165) is 11.6 Å². The van der Waals surface area contributed by atoms with Crippen LogP contribution in [0.4, 0.5) is 5.82 Å². The summed E-state index contributed by atoms with van der Waals surface area (Å²) in [5.74, 6) is 2.21. The van der Waals surface area contributed by atoms with E-state index in [2.05, 4.69) is 48.0 Å². The molecule has 0 spiro atoms. The average molecular weight is 290 g/mol. The van der Waals surface area contributed by atoms with Gasteiger partial charge in [-0.3, -0.25) is 0 Å². The Bertz CT molecular complexity index is 522. The molecule has 2 aromatic rings. The molecule has 3 nitrogen and oxygen atoms in total. The van der Waals surface area contributed by atoms with Gasteiger partial charge in [-0.15, -0.1) is 0 Å². The second-order valence-electron chi connectivity index (χ2n) is 5.14. The van der Waals surface area contributed by atoms with Gasteiger partial charge in [0.2, 0.25) is 0 Å². The fourth-order valence-corrected chi connectivity index (χ4v) is 2.66. The molecule has 0 aliphatic carbocycles. The predicted molar refractivity (Wildman–Crippen MR) is 85.1 cm³/mol. The molecule has 1 aromatic heterocycles. The first-order chi connectivity index (χ1) is 9.69. The molecule has 1 unspecified atom stereocenters. The molecule has 0 saturated heterocycles. The number of unbranched alkanes of at least 4 members (excludes halogenated alkanes) is 1. The molecular weight excluding hydrogens is 268 g/mol. The third-order valence-electron chi connectivity index (χ3n) is 3.34. The summed E-state index contributed by atoms with van der Waals surface area (Å²) in [6.07, 6.45) is 3.82. The van der Waals surface area contributed by atoms with E-state index in [1.807, 2.05) is 13.0 Å². The molecule has 0 radical (unpaired) electrons. The molecule has 108 valence electrons. The standard InChI is InChI=1S/C16H22N2OS/c1-4-5-6-12(2)14-7-9-15(10-8-14)20-18-16-11-13(3)19-17-16/h7-12H,4-6H2,1-3H3,(H,17,18). The minimum absolute atomic E-state index is 0.639. The SMILES string of the molecule is CCCCC(C)c1ccc(SNc2cc(C)on2)cc1. The number of hydrogen-bond donors (Lipinski definition) is 1. The Balaban J connectivity index is 1.87. The Morgan fingerprint density at radius 1 is 1.30 bits per heavy atom. The van der Waals surface area contributed by atoms with Gasteiger partial charge in [0.15, 0.2) is 5.82 Å². The van der Waals surface area contributed by atoms with Gasteiger partial charge in [-0.25, -0.2) is 0 Å². The van der Waals surface area contributed by atoms with E-state index < -0.39 is 0 Å². The normalized spacial score (nSPS) is 12.3.